The number of rotatable bonds is 4. The number of halogens is 1. The van der Waals surface area contributed by atoms with Gasteiger partial charge in [-0.3, -0.25) is 4.79 Å². The number of nitrogens with one attached hydrogen (secondary N) is 1. The first kappa shape index (κ1) is 20.3. The fourth-order valence-electron chi connectivity index (χ4n) is 3.74. The van der Waals surface area contributed by atoms with Crippen molar-refractivity contribution in [2.75, 3.05) is 19.7 Å². The summed E-state index contributed by atoms with van der Waals surface area (Å²) in [5, 5.41) is 11.1. The number of carbonyl (C=O) groups excluding carboxylic acids is 2. The van der Waals surface area contributed by atoms with Crippen molar-refractivity contribution >= 4 is 12.0 Å². The van der Waals surface area contributed by atoms with Gasteiger partial charge in [0.25, 0.3) is 5.91 Å². The largest absolute Gasteiger partial charge is 0.450 e. The fraction of sp³-hybridized carbons (Fsp3) is 0.500. The van der Waals surface area contributed by atoms with Gasteiger partial charge in [0.15, 0.2) is 5.69 Å². The van der Waals surface area contributed by atoms with Crippen LogP contribution in [-0.2, 0) is 22.6 Å². The van der Waals surface area contributed by atoms with Gasteiger partial charge < -0.3 is 19.7 Å². The Morgan fingerprint density at radius 3 is 2.70 bits per heavy atom. The Morgan fingerprint density at radius 2 is 2.00 bits per heavy atom. The molecular weight excluding hydrogens is 393 g/mol. The molecule has 0 unspecified atom stereocenters. The van der Waals surface area contributed by atoms with Crippen LogP contribution >= 0.6 is 0 Å². The van der Waals surface area contributed by atoms with E-state index in [4.69, 9.17) is 9.47 Å². The first-order valence-corrected chi connectivity index (χ1v) is 10.1. The van der Waals surface area contributed by atoms with Crippen LogP contribution in [0.25, 0.3) is 0 Å². The summed E-state index contributed by atoms with van der Waals surface area (Å²) in [5.74, 6) is -0.599. The van der Waals surface area contributed by atoms with Gasteiger partial charge in [0, 0.05) is 19.1 Å². The average molecular weight is 417 g/mol. The van der Waals surface area contributed by atoms with Crippen LogP contribution in [0.15, 0.2) is 24.3 Å². The third kappa shape index (κ3) is 4.28. The quantitative estimate of drug-likeness (QED) is 0.818. The maximum Gasteiger partial charge on any atom is 0.409 e. The number of piperidine rings is 1. The topological polar surface area (TPSA) is 98.6 Å². The Hall–Kier alpha value is -3.01. The molecule has 1 saturated heterocycles. The lowest BCUT2D eigenvalue weighted by Gasteiger charge is -2.31. The summed E-state index contributed by atoms with van der Waals surface area (Å²) in [6.07, 6.45) is 0.708. The molecule has 1 aromatic heterocycles. The number of ether oxygens (including phenoxy) is 2. The minimum absolute atomic E-state index is 0.0444. The summed E-state index contributed by atoms with van der Waals surface area (Å²) in [6, 6.07) is 6.09. The highest BCUT2D eigenvalue weighted by atomic mass is 19.1. The van der Waals surface area contributed by atoms with Crippen LogP contribution in [0.4, 0.5) is 9.18 Å². The Bertz CT molecular complexity index is 908. The number of amides is 2. The zero-order chi connectivity index (χ0) is 21.1. The van der Waals surface area contributed by atoms with Crippen LogP contribution in [0.3, 0.4) is 0 Å². The minimum atomic E-state index is -0.317. The maximum absolute atomic E-state index is 13.1. The van der Waals surface area contributed by atoms with E-state index in [1.54, 1.807) is 28.6 Å². The van der Waals surface area contributed by atoms with Gasteiger partial charge in [-0.05, 0) is 37.5 Å². The van der Waals surface area contributed by atoms with Crippen LogP contribution in [0.1, 0.15) is 47.6 Å². The normalized spacial score (nSPS) is 19.3. The van der Waals surface area contributed by atoms with Crippen molar-refractivity contribution in [3.05, 3.63) is 47.0 Å². The van der Waals surface area contributed by atoms with Crippen LogP contribution in [0.2, 0.25) is 0 Å². The van der Waals surface area contributed by atoms with Crippen molar-refractivity contribution < 1.29 is 23.5 Å². The van der Waals surface area contributed by atoms with E-state index in [-0.39, 0.29) is 42.3 Å². The Labute approximate surface area is 173 Å². The molecule has 0 aliphatic carbocycles. The smallest absolute Gasteiger partial charge is 0.409 e. The summed E-state index contributed by atoms with van der Waals surface area (Å²) in [5.41, 5.74) is 1.71. The molecule has 0 spiro atoms. The fourth-order valence-corrected chi connectivity index (χ4v) is 3.74. The lowest BCUT2D eigenvalue weighted by molar-refractivity contribution is -0.00182. The third-order valence-electron chi connectivity index (χ3n) is 5.41. The van der Waals surface area contributed by atoms with Crippen LogP contribution in [-0.4, -0.2) is 57.6 Å². The van der Waals surface area contributed by atoms with Crippen LogP contribution in [0, 0.1) is 5.82 Å². The summed E-state index contributed by atoms with van der Waals surface area (Å²) in [4.78, 5) is 26.2. The van der Waals surface area contributed by atoms with Gasteiger partial charge >= 0.3 is 6.09 Å². The van der Waals surface area contributed by atoms with E-state index in [2.05, 4.69) is 15.6 Å². The summed E-state index contributed by atoms with van der Waals surface area (Å²) < 4.78 is 25.7. The molecule has 1 aromatic carbocycles. The number of hydrogen-bond acceptors (Lipinski definition) is 6. The molecule has 30 heavy (non-hydrogen) atoms. The number of fused-ring (bicyclic) bond motifs is 1. The van der Waals surface area contributed by atoms with Crippen molar-refractivity contribution in [3.63, 3.8) is 0 Å². The SMILES string of the molecule is CCOC(=O)N1CCC(NC(=O)c2nnn3c2CO[C@@H](c2ccc(F)cc2)C3)CC1. The number of hydrogen-bond donors (Lipinski definition) is 1. The van der Waals surface area contributed by atoms with Crippen molar-refractivity contribution in [3.8, 4) is 0 Å². The number of carbonyl (C=O) groups is 2. The Balaban J connectivity index is 1.35. The highest BCUT2D eigenvalue weighted by molar-refractivity contribution is 5.93. The molecule has 2 aliphatic rings. The van der Waals surface area contributed by atoms with Gasteiger partial charge in [-0.25, -0.2) is 13.9 Å². The molecule has 160 valence electrons. The molecule has 1 atom stereocenters. The monoisotopic (exact) mass is 417 g/mol. The molecule has 9 nitrogen and oxygen atoms in total. The summed E-state index contributed by atoms with van der Waals surface area (Å²) in [7, 11) is 0. The minimum Gasteiger partial charge on any atom is -0.450 e. The zero-order valence-corrected chi connectivity index (χ0v) is 16.7. The molecule has 3 heterocycles. The summed E-state index contributed by atoms with van der Waals surface area (Å²) in [6.45, 7) is 3.78. The lowest BCUT2D eigenvalue weighted by atomic mass is 10.0. The zero-order valence-electron chi connectivity index (χ0n) is 16.7. The second kappa shape index (κ2) is 8.78. The second-order valence-corrected chi connectivity index (χ2v) is 7.35. The van der Waals surface area contributed by atoms with Crippen molar-refractivity contribution in [2.24, 2.45) is 0 Å². The molecule has 2 amide bonds. The molecular formula is C20H24FN5O4. The van der Waals surface area contributed by atoms with Crippen molar-refractivity contribution in [2.45, 2.75) is 45.1 Å². The average Bonchev–Trinajstić information content (AvgIpc) is 3.18. The first-order chi connectivity index (χ1) is 14.5. The third-order valence-corrected chi connectivity index (χ3v) is 5.41. The first-order valence-electron chi connectivity index (χ1n) is 10.1. The Morgan fingerprint density at radius 1 is 1.27 bits per heavy atom. The van der Waals surface area contributed by atoms with Crippen molar-refractivity contribution in [1.82, 2.24) is 25.2 Å². The Kier molecular flexibility index (Phi) is 5.93. The number of likely N-dealkylation sites (tertiary alicyclic amines) is 1. The van der Waals surface area contributed by atoms with E-state index in [9.17, 15) is 14.0 Å². The summed E-state index contributed by atoms with van der Waals surface area (Å²) >= 11 is 0. The number of nitrogens with zero attached hydrogens (tertiary/aromatic N) is 4. The van der Waals surface area contributed by atoms with Gasteiger partial charge in [0.1, 0.15) is 11.9 Å². The van der Waals surface area contributed by atoms with Gasteiger partial charge in [0.05, 0.1) is 25.5 Å². The molecule has 4 rings (SSSR count). The van der Waals surface area contributed by atoms with E-state index in [1.807, 2.05) is 0 Å². The number of benzene rings is 1. The maximum atomic E-state index is 13.1. The molecule has 0 saturated carbocycles. The van der Waals surface area contributed by atoms with E-state index < -0.39 is 0 Å². The molecule has 2 aliphatic heterocycles. The molecule has 1 fully saturated rings. The van der Waals surface area contributed by atoms with Gasteiger partial charge in [-0.15, -0.1) is 5.10 Å². The lowest BCUT2D eigenvalue weighted by Crippen LogP contribution is -2.47. The molecule has 1 N–H and O–H groups in total. The predicted octanol–water partition coefficient (Wildman–Crippen LogP) is 2.04. The molecule has 2 aromatic rings. The van der Waals surface area contributed by atoms with E-state index in [0.717, 1.165) is 5.56 Å². The molecule has 0 bridgehead atoms. The van der Waals surface area contributed by atoms with E-state index in [0.29, 0.717) is 44.8 Å². The predicted molar refractivity (Wildman–Crippen MR) is 103 cm³/mol. The van der Waals surface area contributed by atoms with Gasteiger partial charge in [0.2, 0.25) is 0 Å². The highest BCUT2D eigenvalue weighted by Gasteiger charge is 2.30. The van der Waals surface area contributed by atoms with E-state index in [1.165, 1.54) is 12.1 Å². The molecule has 0 radical (unpaired) electrons. The van der Waals surface area contributed by atoms with Gasteiger partial charge in [-0.2, -0.15) is 0 Å². The van der Waals surface area contributed by atoms with Crippen LogP contribution in [0.5, 0.6) is 0 Å². The number of aromatic nitrogens is 3. The highest BCUT2D eigenvalue weighted by Crippen LogP contribution is 2.27. The standard InChI is InChI=1S/C20H24FN5O4/c1-2-29-20(28)25-9-7-15(8-10-25)22-19(27)18-16-12-30-17(11-26(16)24-23-18)13-3-5-14(21)6-4-13/h3-6,15,17H,2,7-12H2,1H3,(H,22,27)/t17-/m1/s1. The van der Waals surface area contributed by atoms with Gasteiger partial charge in [-0.1, -0.05) is 17.3 Å². The van der Waals surface area contributed by atoms with Crippen molar-refractivity contribution in [1.29, 1.82) is 0 Å². The molecule has 10 heteroatoms. The van der Waals surface area contributed by atoms with E-state index >= 15 is 0 Å². The second-order valence-electron chi connectivity index (χ2n) is 7.35. The van der Waals surface area contributed by atoms with Crippen LogP contribution < -0.4 is 5.32 Å².